The molecule has 0 atom stereocenters. The van der Waals surface area contributed by atoms with E-state index in [0.29, 0.717) is 5.70 Å². The van der Waals surface area contributed by atoms with E-state index in [2.05, 4.69) is 28.1 Å². The SMILES string of the molecule is C=C1C=N/C=C\CCN=CC=NC(=C)/C=C\1. The minimum atomic E-state index is 0.661. The van der Waals surface area contributed by atoms with E-state index < -0.39 is 0 Å². The maximum absolute atomic E-state index is 4.15. The lowest BCUT2D eigenvalue weighted by Gasteiger charge is -1.91. The van der Waals surface area contributed by atoms with E-state index in [0.717, 1.165) is 18.5 Å². The molecule has 0 bridgehead atoms. The molecule has 0 saturated carbocycles. The van der Waals surface area contributed by atoms with E-state index in [9.17, 15) is 0 Å². The Morgan fingerprint density at radius 3 is 2.88 bits per heavy atom. The first-order valence-electron chi connectivity index (χ1n) is 5.05. The van der Waals surface area contributed by atoms with Crippen LogP contribution in [0.2, 0.25) is 0 Å². The molecule has 0 fully saturated rings. The van der Waals surface area contributed by atoms with E-state index in [1.807, 2.05) is 12.2 Å². The smallest absolute Gasteiger partial charge is 0.0558 e. The number of allylic oxidation sites excluding steroid dienone is 3. The summed E-state index contributed by atoms with van der Waals surface area (Å²) in [6.07, 6.45) is 13.2. The van der Waals surface area contributed by atoms with Crippen LogP contribution in [0.15, 0.2) is 63.8 Å². The van der Waals surface area contributed by atoms with Crippen molar-refractivity contribution >= 4 is 18.6 Å². The molecule has 1 rings (SSSR count). The molecule has 82 valence electrons. The highest BCUT2D eigenvalue weighted by Crippen LogP contribution is 1.98. The molecule has 3 nitrogen and oxygen atoms in total. The van der Waals surface area contributed by atoms with Crippen molar-refractivity contribution in [2.75, 3.05) is 6.54 Å². The Balaban J connectivity index is 2.75. The van der Waals surface area contributed by atoms with Crippen LogP contribution in [0, 0.1) is 0 Å². The largest absolute Gasteiger partial charge is 0.291 e. The van der Waals surface area contributed by atoms with E-state index in [-0.39, 0.29) is 0 Å². The normalized spacial score (nSPS) is 21.8. The molecule has 0 aliphatic carbocycles. The highest BCUT2D eigenvalue weighted by Gasteiger charge is 1.84. The summed E-state index contributed by atoms with van der Waals surface area (Å²) in [6.45, 7) is 8.34. The molecule has 0 spiro atoms. The summed E-state index contributed by atoms with van der Waals surface area (Å²) < 4.78 is 0. The summed E-state index contributed by atoms with van der Waals surface area (Å²) >= 11 is 0. The maximum atomic E-state index is 4.15. The van der Waals surface area contributed by atoms with Gasteiger partial charge in [-0.1, -0.05) is 25.3 Å². The molecule has 0 saturated heterocycles. The van der Waals surface area contributed by atoms with Gasteiger partial charge in [0.05, 0.1) is 5.70 Å². The van der Waals surface area contributed by atoms with Crippen LogP contribution in [-0.2, 0) is 0 Å². The van der Waals surface area contributed by atoms with E-state index in [4.69, 9.17) is 0 Å². The van der Waals surface area contributed by atoms with Gasteiger partial charge in [-0.2, -0.15) is 0 Å². The fourth-order valence-corrected chi connectivity index (χ4v) is 0.963. The molecule has 3 heteroatoms. The molecule has 0 aromatic heterocycles. The molecule has 0 aromatic rings. The molecule has 0 aromatic carbocycles. The molecule has 0 N–H and O–H groups in total. The predicted molar refractivity (Wildman–Crippen MR) is 71.5 cm³/mol. The van der Waals surface area contributed by atoms with Crippen LogP contribution in [0.3, 0.4) is 0 Å². The van der Waals surface area contributed by atoms with Crippen LogP contribution < -0.4 is 0 Å². The number of hydrogen-bond donors (Lipinski definition) is 0. The van der Waals surface area contributed by atoms with Crippen molar-refractivity contribution in [2.45, 2.75) is 6.42 Å². The number of nitrogens with zero attached hydrogens (tertiary/aromatic N) is 3. The Morgan fingerprint density at radius 2 is 2.00 bits per heavy atom. The lowest BCUT2D eigenvalue weighted by molar-refractivity contribution is 1.01. The first-order chi connectivity index (χ1) is 7.79. The Morgan fingerprint density at radius 1 is 1.12 bits per heavy atom. The number of aliphatic imine (C=N–C) groups is 3. The van der Waals surface area contributed by atoms with Crippen LogP contribution in [0.4, 0.5) is 0 Å². The molecular formula is C13H15N3. The minimum Gasteiger partial charge on any atom is -0.291 e. The van der Waals surface area contributed by atoms with Gasteiger partial charge in [-0.3, -0.25) is 15.0 Å². The Labute approximate surface area is 96.0 Å². The van der Waals surface area contributed by atoms with Crippen LogP contribution in [-0.4, -0.2) is 25.2 Å². The predicted octanol–water partition coefficient (Wildman–Crippen LogP) is 2.74. The first kappa shape index (κ1) is 12.0. The van der Waals surface area contributed by atoms with Crippen molar-refractivity contribution in [2.24, 2.45) is 15.0 Å². The standard InChI is InChI=1S/C13H15N3/c1-12-5-6-13(2)16-10-9-14-7-3-4-8-15-11-12/h4-6,8-11H,1-3,7H2/b6-5-,8-4-,14-9?,15-11?,16-10?. The Kier molecular flexibility index (Phi) is 5.48. The Hall–Kier alpha value is -2.03. The first-order valence-corrected chi connectivity index (χ1v) is 5.05. The van der Waals surface area contributed by atoms with Crippen LogP contribution >= 0.6 is 0 Å². The monoisotopic (exact) mass is 213 g/mol. The molecule has 1 aliphatic heterocycles. The van der Waals surface area contributed by atoms with E-state index in [1.54, 1.807) is 30.9 Å². The average molecular weight is 213 g/mol. The fraction of sp³-hybridized carbons (Fsp3) is 0.154. The summed E-state index contributed by atoms with van der Waals surface area (Å²) in [5.41, 5.74) is 1.47. The van der Waals surface area contributed by atoms with Crippen LogP contribution in [0.5, 0.6) is 0 Å². The lowest BCUT2D eigenvalue weighted by Crippen LogP contribution is -1.83. The molecule has 0 radical (unpaired) electrons. The van der Waals surface area contributed by atoms with Crippen molar-refractivity contribution in [1.29, 1.82) is 0 Å². The fourth-order valence-electron chi connectivity index (χ4n) is 0.963. The third-order valence-corrected chi connectivity index (χ3v) is 1.76. The zero-order valence-electron chi connectivity index (χ0n) is 9.21. The highest BCUT2D eigenvalue weighted by molar-refractivity contribution is 6.16. The van der Waals surface area contributed by atoms with Crippen LogP contribution in [0.25, 0.3) is 0 Å². The van der Waals surface area contributed by atoms with Crippen LogP contribution in [0.1, 0.15) is 6.42 Å². The van der Waals surface area contributed by atoms with Gasteiger partial charge >= 0.3 is 0 Å². The average Bonchev–Trinajstić information content (AvgIpc) is 2.28. The van der Waals surface area contributed by atoms with E-state index in [1.165, 1.54) is 0 Å². The molecule has 0 amide bonds. The summed E-state index contributed by atoms with van der Waals surface area (Å²) in [5, 5.41) is 0. The van der Waals surface area contributed by atoms with Gasteiger partial charge in [0.2, 0.25) is 0 Å². The second kappa shape index (κ2) is 7.29. The van der Waals surface area contributed by atoms with Gasteiger partial charge in [0.15, 0.2) is 0 Å². The second-order valence-corrected chi connectivity index (χ2v) is 3.18. The highest BCUT2D eigenvalue weighted by atomic mass is 14.8. The van der Waals surface area contributed by atoms with Gasteiger partial charge in [0.1, 0.15) is 0 Å². The zero-order chi connectivity index (χ0) is 11.6. The van der Waals surface area contributed by atoms with Crippen molar-refractivity contribution in [3.05, 3.63) is 48.9 Å². The van der Waals surface area contributed by atoms with Gasteiger partial charge in [-0.05, 0) is 18.1 Å². The molecular weight excluding hydrogens is 198 g/mol. The van der Waals surface area contributed by atoms with Crippen molar-refractivity contribution in [3.63, 3.8) is 0 Å². The summed E-state index contributed by atoms with van der Waals surface area (Å²) in [7, 11) is 0. The van der Waals surface area contributed by atoms with Crippen molar-refractivity contribution in [1.82, 2.24) is 0 Å². The molecule has 1 heterocycles. The van der Waals surface area contributed by atoms with Gasteiger partial charge < -0.3 is 0 Å². The number of rotatable bonds is 0. The zero-order valence-corrected chi connectivity index (χ0v) is 9.21. The topological polar surface area (TPSA) is 37.1 Å². The summed E-state index contributed by atoms with van der Waals surface area (Å²) in [4.78, 5) is 12.3. The molecule has 0 unspecified atom stereocenters. The molecule has 16 heavy (non-hydrogen) atoms. The van der Waals surface area contributed by atoms with E-state index >= 15 is 0 Å². The van der Waals surface area contributed by atoms with Crippen molar-refractivity contribution in [3.8, 4) is 0 Å². The third-order valence-electron chi connectivity index (χ3n) is 1.76. The van der Waals surface area contributed by atoms with Gasteiger partial charge in [-0.15, -0.1) is 0 Å². The summed E-state index contributed by atoms with van der Waals surface area (Å²) in [5.74, 6) is 0. The third kappa shape index (κ3) is 5.65. The lowest BCUT2D eigenvalue weighted by atomic mass is 10.3. The molecule has 1 aliphatic rings. The quantitative estimate of drug-likeness (QED) is 0.593. The summed E-state index contributed by atoms with van der Waals surface area (Å²) in [6, 6.07) is 0. The van der Waals surface area contributed by atoms with Gasteiger partial charge in [0.25, 0.3) is 0 Å². The minimum absolute atomic E-state index is 0.661. The maximum Gasteiger partial charge on any atom is 0.0558 e. The van der Waals surface area contributed by atoms with Crippen molar-refractivity contribution < 1.29 is 0 Å². The number of hydrogen-bond acceptors (Lipinski definition) is 3. The second-order valence-electron chi connectivity index (χ2n) is 3.18. The van der Waals surface area contributed by atoms with Gasteiger partial charge in [0, 0.05) is 31.4 Å². The van der Waals surface area contributed by atoms with Gasteiger partial charge in [-0.25, -0.2) is 0 Å². The Bertz CT molecular complexity index is 357.